The largest absolute Gasteiger partial charge is 0.265 e. The van der Waals surface area contributed by atoms with Gasteiger partial charge >= 0.3 is 0 Å². The number of halogens is 1. The van der Waals surface area contributed by atoms with Crippen molar-refractivity contribution >= 4 is 11.6 Å². The molecule has 0 saturated carbocycles. The van der Waals surface area contributed by atoms with E-state index < -0.39 is 0 Å². The minimum atomic E-state index is 0.316. The first-order valence-electron chi connectivity index (χ1n) is 9.59. The van der Waals surface area contributed by atoms with Crippen LogP contribution in [0.2, 0.25) is 5.02 Å². The zero-order chi connectivity index (χ0) is 21.6. The second-order valence-corrected chi connectivity index (χ2v) is 7.58. The van der Waals surface area contributed by atoms with Gasteiger partial charge in [0, 0.05) is 28.3 Å². The van der Waals surface area contributed by atoms with Crippen LogP contribution >= 0.6 is 11.6 Å². The number of rotatable bonds is 6. The highest BCUT2D eigenvalue weighted by molar-refractivity contribution is 6.32. The molecular weight excluding hydrogens is 378 g/mol. The van der Waals surface area contributed by atoms with Crippen LogP contribution in [0.5, 0.6) is 0 Å². The molecule has 148 valence electrons. The molecule has 0 bridgehead atoms. The van der Waals surface area contributed by atoms with Gasteiger partial charge in [0.05, 0.1) is 22.8 Å². The van der Waals surface area contributed by atoms with Gasteiger partial charge in [-0.25, -0.2) is 0 Å². The Morgan fingerprint density at radius 3 is 2.62 bits per heavy atom. The Labute approximate surface area is 179 Å². The molecule has 0 atom stereocenters. The maximum absolute atomic E-state index is 9.09. The highest BCUT2D eigenvalue weighted by atomic mass is 35.5. The normalized spacial score (nSPS) is 10.7. The Balaban J connectivity index is 2.26. The van der Waals surface area contributed by atoms with Crippen LogP contribution in [0, 0.1) is 36.0 Å². The van der Waals surface area contributed by atoms with E-state index in [1.54, 1.807) is 12.1 Å². The minimum Gasteiger partial charge on any atom is -0.265 e. The van der Waals surface area contributed by atoms with E-state index >= 15 is 0 Å². The Morgan fingerprint density at radius 1 is 1.31 bits per heavy atom. The van der Waals surface area contributed by atoms with Crippen LogP contribution in [-0.4, -0.2) is 9.78 Å². The molecule has 2 rings (SSSR count). The molecule has 0 fully saturated rings. The van der Waals surface area contributed by atoms with Crippen molar-refractivity contribution in [2.45, 2.75) is 40.7 Å². The van der Waals surface area contributed by atoms with Crippen molar-refractivity contribution in [1.82, 2.24) is 9.78 Å². The van der Waals surface area contributed by atoms with Crippen LogP contribution < -0.4 is 0 Å². The first kappa shape index (κ1) is 22.3. The van der Waals surface area contributed by atoms with Crippen LogP contribution in [0.3, 0.4) is 0 Å². The van der Waals surface area contributed by atoms with Crippen LogP contribution in [0.15, 0.2) is 54.7 Å². The summed E-state index contributed by atoms with van der Waals surface area (Å²) in [5, 5.41) is 14.3. The zero-order valence-electron chi connectivity index (χ0n) is 17.5. The van der Waals surface area contributed by atoms with Gasteiger partial charge in [0.25, 0.3) is 0 Å². The van der Waals surface area contributed by atoms with Gasteiger partial charge in [0.2, 0.25) is 0 Å². The fraction of sp³-hybridized carbons (Fsp3) is 0.280. The lowest BCUT2D eigenvalue weighted by atomic mass is 10.0. The summed E-state index contributed by atoms with van der Waals surface area (Å²) < 4.78 is 1.95. The third-order valence-corrected chi connectivity index (χ3v) is 4.75. The summed E-state index contributed by atoms with van der Waals surface area (Å²) in [6.07, 6.45) is 4.67. The van der Waals surface area contributed by atoms with E-state index in [0.29, 0.717) is 23.0 Å². The van der Waals surface area contributed by atoms with Crippen LogP contribution in [0.4, 0.5) is 0 Å². The second-order valence-electron chi connectivity index (χ2n) is 7.17. The van der Waals surface area contributed by atoms with E-state index in [2.05, 4.69) is 44.9 Å². The standard InChI is InChI=1S/C25H26ClN3/c1-7-23-20(6)29(16-19(5)11-10-18(4)9-8-17(2)3)28-25(23)21-12-13-22(15-27)24(26)14-21/h10-14,17H,4-5,7,16H2,1-3,6H3/b11-10-. The van der Waals surface area contributed by atoms with Gasteiger partial charge in [-0.15, -0.1) is 0 Å². The average Bonchev–Trinajstić information content (AvgIpc) is 3.00. The number of aromatic nitrogens is 2. The molecule has 0 aliphatic carbocycles. The zero-order valence-corrected chi connectivity index (χ0v) is 18.3. The molecule has 1 heterocycles. The van der Waals surface area contributed by atoms with E-state index in [0.717, 1.165) is 40.1 Å². The monoisotopic (exact) mass is 403 g/mol. The lowest BCUT2D eigenvalue weighted by Gasteiger charge is -2.04. The average molecular weight is 404 g/mol. The second kappa shape index (κ2) is 9.97. The van der Waals surface area contributed by atoms with Crippen molar-refractivity contribution in [1.29, 1.82) is 5.26 Å². The molecule has 0 unspecified atom stereocenters. The third kappa shape index (κ3) is 5.74. The maximum atomic E-state index is 9.09. The molecule has 4 heteroatoms. The van der Waals surface area contributed by atoms with Crippen LogP contribution in [-0.2, 0) is 13.0 Å². The van der Waals surface area contributed by atoms with Crippen molar-refractivity contribution in [3.63, 3.8) is 0 Å². The van der Waals surface area contributed by atoms with Gasteiger partial charge in [0.1, 0.15) is 6.07 Å². The molecule has 29 heavy (non-hydrogen) atoms. The lowest BCUT2D eigenvalue weighted by Crippen LogP contribution is -2.04. The van der Waals surface area contributed by atoms with E-state index in [1.807, 2.05) is 36.7 Å². The molecule has 0 saturated heterocycles. The Morgan fingerprint density at radius 2 is 2.03 bits per heavy atom. The van der Waals surface area contributed by atoms with E-state index in [4.69, 9.17) is 22.0 Å². The molecule has 0 aliphatic heterocycles. The SMILES string of the molecule is C=C(C#CC(C)C)/C=C\C(=C)Cn1nc(-c2ccc(C#N)c(Cl)c2)c(CC)c1C. The number of hydrogen-bond acceptors (Lipinski definition) is 2. The summed E-state index contributed by atoms with van der Waals surface area (Å²) in [5.74, 6) is 6.46. The first-order chi connectivity index (χ1) is 13.8. The Kier molecular flexibility index (Phi) is 7.66. The van der Waals surface area contributed by atoms with E-state index in [9.17, 15) is 0 Å². The van der Waals surface area contributed by atoms with E-state index in [-0.39, 0.29) is 0 Å². The molecule has 0 aliphatic rings. The Bertz CT molecular complexity index is 1070. The van der Waals surface area contributed by atoms with Crippen LogP contribution in [0.1, 0.15) is 37.6 Å². The summed E-state index contributed by atoms with van der Waals surface area (Å²) >= 11 is 6.22. The highest BCUT2D eigenvalue weighted by Gasteiger charge is 2.16. The number of nitriles is 1. The van der Waals surface area contributed by atoms with Gasteiger partial charge < -0.3 is 0 Å². The molecule has 2 aromatic rings. The van der Waals surface area contributed by atoms with Crippen molar-refractivity contribution in [3.05, 3.63) is 76.5 Å². The summed E-state index contributed by atoms with van der Waals surface area (Å²) in [6, 6.07) is 7.52. The predicted molar refractivity (Wildman–Crippen MR) is 122 cm³/mol. The van der Waals surface area contributed by atoms with Crippen molar-refractivity contribution < 1.29 is 0 Å². The van der Waals surface area contributed by atoms with Crippen LogP contribution in [0.25, 0.3) is 11.3 Å². The van der Waals surface area contributed by atoms with Gasteiger partial charge in [-0.2, -0.15) is 10.4 Å². The molecule has 3 nitrogen and oxygen atoms in total. The summed E-state index contributed by atoms with van der Waals surface area (Å²) in [4.78, 5) is 0. The van der Waals surface area contributed by atoms with Gasteiger partial charge in [-0.05, 0) is 37.1 Å². The smallest absolute Gasteiger partial charge is 0.101 e. The first-order valence-corrected chi connectivity index (χ1v) is 9.97. The molecule has 1 aromatic carbocycles. The summed E-state index contributed by atoms with van der Waals surface area (Å²) in [5.41, 5.74) is 6.19. The van der Waals surface area contributed by atoms with Gasteiger partial charge in [0.15, 0.2) is 0 Å². The number of allylic oxidation sites excluding steroid dienone is 4. The number of nitrogens with zero attached hydrogens (tertiary/aromatic N) is 3. The molecule has 0 amide bonds. The van der Waals surface area contributed by atoms with Gasteiger partial charge in [-0.1, -0.05) is 69.5 Å². The minimum absolute atomic E-state index is 0.316. The third-order valence-electron chi connectivity index (χ3n) is 4.44. The number of hydrogen-bond donors (Lipinski definition) is 0. The molecule has 0 radical (unpaired) electrons. The maximum Gasteiger partial charge on any atom is 0.101 e. The van der Waals surface area contributed by atoms with Crippen molar-refractivity contribution in [3.8, 4) is 29.2 Å². The molecule has 1 aromatic heterocycles. The quantitative estimate of drug-likeness (QED) is 0.421. The molecule has 0 spiro atoms. The molecular formula is C25H26ClN3. The number of benzene rings is 1. The Hall–Kier alpha value is -3.01. The summed E-state index contributed by atoms with van der Waals surface area (Å²) in [6.45, 7) is 16.9. The van der Waals surface area contributed by atoms with Crippen molar-refractivity contribution in [2.75, 3.05) is 0 Å². The topological polar surface area (TPSA) is 41.6 Å². The fourth-order valence-electron chi connectivity index (χ4n) is 2.89. The van der Waals surface area contributed by atoms with Gasteiger partial charge in [-0.3, -0.25) is 4.68 Å². The van der Waals surface area contributed by atoms with Crippen molar-refractivity contribution in [2.24, 2.45) is 5.92 Å². The fourth-order valence-corrected chi connectivity index (χ4v) is 3.11. The highest BCUT2D eigenvalue weighted by Crippen LogP contribution is 2.29. The molecule has 0 N–H and O–H groups in total. The lowest BCUT2D eigenvalue weighted by molar-refractivity contribution is 0.666. The predicted octanol–water partition coefficient (Wildman–Crippen LogP) is 6.27. The summed E-state index contributed by atoms with van der Waals surface area (Å²) in [7, 11) is 0. The van der Waals surface area contributed by atoms with E-state index in [1.165, 1.54) is 0 Å².